The molecule has 28 heavy (non-hydrogen) atoms. The number of hydrogen-bond acceptors (Lipinski definition) is 4. The van der Waals surface area contributed by atoms with Crippen LogP contribution < -0.4 is 0 Å². The lowest BCUT2D eigenvalue weighted by Gasteiger charge is -2.30. The lowest BCUT2D eigenvalue weighted by molar-refractivity contribution is -0.138. The van der Waals surface area contributed by atoms with Crippen LogP contribution in [-0.2, 0) is 21.2 Å². The van der Waals surface area contributed by atoms with E-state index in [1.807, 2.05) is 13.8 Å². The third-order valence-corrected chi connectivity index (χ3v) is 7.13. The molecule has 0 saturated carbocycles. The quantitative estimate of drug-likeness (QED) is 0.695. The van der Waals surface area contributed by atoms with Gasteiger partial charge in [0.25, 0.3) is 0 Å². The Hall–Kier alpha value is -2.15. The number of furan rings is 1. The van der Waals surface area contributed by atoms with Crippen molar-refractivity contribution in [2.75, 3.05) is 11.5 Å². The van der Waals surface area contributed by atoms with Gasteiger partial charge in [-0.25, -0.2) is 12.8 Å². The summed E-state index contributed by atoms with van der Waals surface area (Å²) in [5.41, 5.74) is 0.744. The van der Waals surface area contributed by atoms with Gasteiger partial charge in [0.05, 0.1) is 18.1 Å². The smallest absolute Gasteiger partial charge is 0.226 e. The summed E-state index contributed by atoms with van der Waals surface area (Å²) in [6.45, 7) is 4.17. The summed E-state index contributed by atoms with van der Waals surface area (Å²) in [6.07, 6.45) is 1.88. The molecule has 1 aliphatic heterocycles. The van der Waals surface area contributed by atoms with E-state index >= 15 is 0 Å². The lowest BCUT2D eigenvalue weighted by Crippen LogP contribution is -2.43. The van der Waals surface area contributed by atoms with E-state index in [2.05, 4.69) is 0 Å². The van der Waals surface area contributed by atoms with Gasteiger partial charge in [0, 0.05) is 17.5 Å². The van der Waals surface area contributed by atoms with Gasteiger partial charge in [-0.2, -0.15) is 0 Å². The molecule has 1 aromatic carbocycles. The first-order valence-electron chi connectivity index (χ1n) is 9.68. The topological polar surface area (TPSA) is 67.6 Å². The van der Waals surface area contributed by atoms with Crippen LogP contribution in [0.2, 0.25) is 0 Å². The fourth-order valence-corrected chi connectivity index (χ4v) is 5.41. The minimum Gasteiger partial charge on any atom is -0.459 e. The number of nitrogens with zero attached hydrogens (tertiary/aromatic N) is 1. The van der Waals surface area contributed by atoms with Crippen LogP contribution in [0.25, 0.3) is 11.3 Å². The van der Waals surface area contributed by atoms with Crippen molar-refractivity contribution in [2.45, 2.75) is 45.7 Å². The van der Waals surface area contributed by atoms with Gasteiger partial charge in [0.1, 0.15) is 17.3 Å². The molecular weight excluding hydrogens is 381 g/mol. The van der Waals surface area contributed by atoms with Crippen LogP contribution in [0.4, 0.5) is 4.39 Å². The van der Waals surface area contributed by atoms with Crippen molar-refractivity contribution in [1.82, 2.24) is 4.90 Å². The molecule has 1 amide bonds. The fourth-order valence-electron chi connectivity index (χ4n) is 3.68. The summed E-state index contributed by atoms with van der Waals surface area (Å²) in [5, 5.41) is 0. The predicted octanol–water partition coefficient (Wildman–Crippen LogP) is 4.04. The Morgan fingerprint density at radius 1 is 1.18 bits per heavy atom. The minimum atomic E-state index is -3.11. The van der Waals surface area contributed by atoms with Crippen molar-refractivity contribution in [3.63, 3.8) is 0 Å². The third kappa shape index (κ3) is 4.63. The molecule has 0 bridgehead atoms. The van der Waals surface area contributed by atoms with Crippen LogP contribution in [0, 0.1) is 11.7 Å². The molecule has 1 aromatic heterocycles. The van der Waals surface area contributed by atoms with Crippen LogP contribution in [0.3, 0.4) is 0 Å². The first-order valence-corrected chi connectivity index (χ1v) is 11.5. The fraction of sp³-hybridized carbons (Fsp3) is 0.476. The van der Waals surface area contributed by atoms with Crippen molar-refractivity contribution in [1.29, 1.82) is 0 Å². The molecule has 152 valence electrons. The Labute approximate surface area is 165 Å². The highest BCUT2D eigenvalue weighted by molar-refractivity contribution is 7.91. The van der Waals surface area contributed by atoms with Gasteiger partial charge in [0.15, 0.2) is 9.84 Å². The lowest BCUT2D eigenvalue weighted by atomic mass is 10.0. The third-order valence-electron chi connectivity index (χ3n) is 5.38. The normalized spacial score (nSPS) is 18.5. The van der Waals surface area contributed by atoms with E-state index in [0.717, 1.165) is 5.56 Å². The molecule has 0 radical (unpaired) electrons. The van der Waals surface area contributed by atoms with Crippen molar-refractivity contribution >= 4 is 15.7 Å². The maximum absolute atomic E-state index is 13.1. The number of rotatable bonds is 7. The average molecular weight is 408 g/mol. The van der Waals surface area contributed by atoms with Crippen molar-refractivity contribution in [3.05, 3.63) is 48.0 Å². The molecule has 2 heterocycles. The Bertz CT molecular complexity index is 916. The molecule has 0 spiro atoms. The molecule has 7 heteroatoms. The Morgan fingerprint density at radius 2 is 1.86 bits per heavy atom. The van der Waals surface area contributed by atoms with Crippen molar-refractivity contribution < 1.29 is 22.0 Å². The van der Waals surface area contributed by atoms with Gasteiger partial charge >= 0.3 is 0 Å². The molecule has 5 nitrogen and oxygen atoms in total. The number of carbonyl (C=O) groups is 1. The molecule has 1 atom stereocenters. The number of hydrogen-bond donors (Lipinski definition) is 0. The number of amides is 1. The highest BCUT2D eigenvalue weighted by Gasteiger charge is 2.36. The molecule has 2 aromatic rings. The van der Waals surface area contributed by atoms with E-state index in [4.69, 9.17) is 4.42 Å². The van der Waals surface area contributed by atoms with Crippen LogP contribution in [0.1, 0.15) is 38.9 Å². The highest BCUT2D eigenvalue weighted by atomic mass is 32.2. The minimum absolute atomic E-state index is 0.00438. The molecule has 3 rings (SSSR count). The van der Waals surface area contributed by atoms with E-state index in [1.165, 1.54) is 12.1 Å². The Kier molecular flexibility index (Phi) is 6.23. The highest BCUT2D eigenvalue weighted by Crippen LogP contribution is 2.27. The SMILES string of the molecule is CCC(CC)C(=O)N(Cc1ccc(-c2ccc(F)cc2)o1)[C@@H]1CCS(=O)(=O)C1. The van der Waals surface area contributed by atoms with E-state index in [0.29, 0.717) is 30.8 Å². The maximum Gasteiger partial charge on any atom is 0.226 e. The summed E-state index contributed by atoms with van der Waals surface area (Å²) in [7, 11) is -3.11. The van der Waals surface area contributed by atoms with Gasteiger partial charge in [-0.3, -0.25) is 4.79 Å². The summed E-state index contributed by atoms with van der Waals surface area (Å²) in [5.74, 6) is 0.821. The van der Waals surface area contributed by atoms with E-state index in [-0.39, 0.29) is 41.7 Å². The van der Waals surface area contributed by atoms with Crippen LogP contribution in [0.5, 0.6) is 0 Å². The number of halogens is 1. The first-order chi connectivity index (χ1) is 13.3. The second-order valence-corrected chi connectivity index (χ2v) is 9.54. The number of benzene rings is 1. The van der Waals surface area contributed by atoms with Crippen molar-refractivity contribution in [3.8, 4) is 11.3 Å². The van der Waals surface area contributed by atoms with Crippen LogP contribution >= 0.6 is 0 Å². The Balaban J connectivity index is 1.83. The molecule has 0 N–H and O–H groups in total. The van der Waals surface area contributed by atoms with Gasteiger partial charge in [-0.15, -0.1) is 0 Å². The summed E-state index contributed by atoms with van der Waals surface area (Å²) in [6, 6.07) is 9.25. The monoisotopic (exact) mass is 407 g/mol. The van der Waals surface area contributed by atoms with E-state index < -0.39 is 9.84 Å². The number of carbonyl (C=O) groups excluding carboxylic acids is 1. The molecule has 1 fully saturated rings. The molecule has 1 aliphatic rings. The zero-order valence-corrected chi connectivity index (χ0v) is 17.0. The van der Waals surface area contributed by atoms with E-state index in [1.54, 1.807) is 29.2 Å². The molecular formula is C21H26FNO4S. The Morgan fingerprint density at radius 3 is 2.43 bits per heavy atom. The van der Waals surface area contributed by atoms with Crippen LogP contribution in [-0.4, -0.2) is 36.8 Å². The van der Waals surface area contributed by atoms with Crippen LogP contribution in [0.15, 0.2) is 40.8 Å². The van der Waals surface area contributed by atoms with Gasteiger partial charge < -0.3 is 9.32 Å². The molecule has 1 saturated heterocycles. The second kappa shape index (κ2) is 8.47. The zero-order valence-electron chi connectivity index (χ0n) is 16.2. The van der Waals surface area contributed by atoms with Gasteiger partial charge in [-0.1, -0.05) is 13.8 Å². The van der Waals surface area contributed by atoms with Crippen molar-refractivity contribution in [2.24, 2.45) is 5.92 Å². The first kappa shape index (κ1) is 20.6. The standard InChI is InChI=1S/C21H26FNO4S/c1-3-15(4-2)21(24)23(18-11-12-28(25,26)14-18)13-19-9-10-20(27-19)16-5-7-17(22)8-6-16/h5-10,15,18H,3-4,11-14H2,1-2H3/t18-/m1/s1. The number of sulfone groups is 1. The largest absolute Gasteiger partial charge is 0.459 e. The summed E-state index contributed by atoms with van der Waals surface area (Å²) >= 11 is 0. The predicted molar refractivity (Wildman–Crippen MR) is 106 cm³/mol. The maximum atomic E-state index is 13.1. The molecule has 0 unspecified atom stereocenters. The molecule has 0 aliphatic carbocycles. The average Bonchev–Trinajstić information content (AvgIpc) is 3.27. The zero-order chi connectivity index (χ0) is 20.3. The summed E-state index contributed by atoms with van der Waals surface area (Å²) < 4.78 is 42.9. The summed E-state index contributed by atoms with van der Waals surface area (Å²) in [4.78, 5) is 14.7. The van der Waals surface area contributed by atoms with Gasteiger partial charge in [0.2, 0.25) is 5.91 Å². The van der Waals surface area contributed by atoms with E-state index in [9.17, 15) is 17.6 Å². The van der Waals surface area contributed by atoms with Gasteiger partial charge in [-0.05, 0) is 55.7 Å². The second-order valence-electron chi connectivity index (χ2n) is 7.31.